The molecule has 3 aromatic rings. The Morgan fingerprint density at radius 2 is 1.88 bits per heavy atom. The lowest BCUT2D eigenvalue weighted by molar-refractivity contribution is -0.385. The molecule has 132 valence electrons. The lowest BCUT2D eigenvalue weighted by atomic mass is 10.1. The second kappa shape index (κ2) is 8.21. The largest absolute Gasteiger partial charge is 0.459 e. The van der Waals surface area contributed by atoms with E-state index in [4.69, 9.17) is 4.74 Å². The molecule has 1 heterocycles. The molecule has 0 fully saturated rings. The summed E-state index contributed by atoms with van der Waals surface area (Å²) in [7, 11) is 0. The summed E-state index contributed by atoms with van der Waals surface area (Å²) in [5.74, 6) is -0.537. The highest BCUT2D eigenvalue weighted by Crippen LogP contribution is 2.22. The number of ether oxygens (including phenoxy) is 1. The first-order valence-corrected chi connectivity index (χ1v) is 8.64. The zero-order valence-corrected chi connectivity index (χ0v) is 14.4. The number of hydrogen-bond donors (Lipinski definition) is 1. The Kier molecular flexibility index (Phi) is 5.55. The molecule has 0 saturated carbocycles. The molecule has 26 heavy (non-hydrogen) atoms. The maximum Gasteiger partial charge on any atom is 0.310 e. The quantitative estimate of drug-likeness (QED) is 0.383. The summed E-state index contributed by atoms with van der Waals surface area (Å²) in [5, 5.41) is 16.6. The van der Waals surface area contributed by atoms with Crippen LogP contribution in [-0.2, 0) is 22.6 Å². The first kappa shape index (κ1) is 17.6. The van der Waals surface area contributed by atoms with Crippen LogP contribution >= 0.6 is 11.3 Å². The number of benzene rings is 2. The van der Waals surface area contributed by atoms with Crippen molar-refractivity contribution in [2.75, 3.05) is 5.32 Å². The number of carbonyl (C=O) groups is 1. The average Bonchev–Trinajstić information content (AvgIpc) is 3.08. The van der Waals surface area contributed by atoms with E-state index in [0.717, 1.165) is 5.69 Å². The van der Waals surface area contributed by atoms with Crippen LogP contribution in [0.25, 0.3) is 0 Å². The Morgan fingerprint density at radius 3 is 2.65 bits per heavy atom. The molecule has 0 radical (unpaired) electrons. The number of nitrogens with one attached hydrogen (secondary N) is 1. The fraction of sp³-hybridized carbons (Fsp3) is 0.111. The molecule has 8 heteroatoms. The Morgan fingerprint density at radius 1 is 1.15 bits per heavy atom. The predicted molar refractivity (Wildman–Crippen MR) is 98.4 cm³/mol. The number of carbonyl (C=O) groups excluding carboxylic acids is 1. The third kappa shape index (κ3) is 4.64. The van der Waals surface area contributed by atoms with Crippen molar-refractivity contribution < 1.29 is 14.5 Å². The number of rotatable bonds is 7. The predicted octanol–water partition coefficient (Wildman–Crippen LogP) is 4.08. The number of aromatic nitrogens is 1. The summed E-state index contributed by atoms with van der Waals surface area (Å²) in [6.07, 6.45) is -0.156. The molecule has 7 nitrogen and oxygen atoms in total. The van der Waals surface area contributed by atoms with Crippen molar-refractivity contribution in [3.63, 3.8) is 0 Å². The number of nitro benzene ring substituents is 1. The maximum atomic E-state index is 12.0. The molecule has 0 atom stereocenters. The van der Waals surface area contributed by atoms with Crippen LogP contribution in [0.15, 0.2) is 60.0 Å². The molecule has 1 aromatic heterocycles. The van der Waals surface area contributed by atoms with Crippen molar-refractivity contribution in [3.05, 3.63) is 81.3 Å². The van der Waals surface area contributed by atoms with Crippen LogP contribution in [0.3, 0.4) is 0 Å². The van der Waals surface area contributed by atoms with Gasteiger partial charge in [0.05, 0.1) is 17.0 Å². The molecule has 0 aliphatic carbocycles. The third-order valence-corrected chi connectivity index (χ3v) is 4.29. The fourth-order valence-corrected chi connectivity index (χ4v) is 2.99. The van der Waals surface area contributed by atoms with Crippen LogP contribution in [0.1, 0.15) is 11.3 Å². The van der Waals surface area contributed by atoms with Gasteiger partial charge in [-0.25, -0.2) is 4.98 Å². The lowest BCUT2D eigenvalue weighted by Gasteiger charge is -2.04. The van der Waals surface area contributed by atoms with E-state index in [1.54, 1.807) is 23.6 Å². The molecule has 3 rings (SSSR count). The number of esters is 1. The number of thiazole rings is 1. The molecular formula is C18H15N3O4S. The van der Waals surface area contributed by atoms with Gasteiger partial charge in [-0.05, 0) is 12.1 Å². The average molecular weight is 369 g/mol. The Labute approximate surface area is 153 Å². The van der Waals surface area contributed by atoms with E-state index < -0.39 is 10.9 Å². The van der Waals surface area contributed by atoms with E-state index in [0.29, 0.717) is 16.4 Å². The van der Waals surface area contributed by atoms with Crippen molar-refractivity contribution in [1.29, 1.82) is 0 Å². The Bertz CT molecular complexity index is 912. The summed E-state index contributed by atoms with van der Waals surface area (Å²) in [6.45, 7) is 0.0203. The van der Waals surface area contributed by atoms with Gasteiger partial charge in [-0.15, -0.1) is 11.3 Å². The summed E-state index contributed by atoms with van der Waals surface area (Å²) in [4.78, 5) is 26.8. The SMILES string of the molecule is O=C(Cc1ccccc1[N+](=O)[O-])OCc1csc(Nc2ccccc2)n1. The van der Waals surface area contributed by atoms with Crippen LogP contribution in [0.4, 0.5) is 16.5 Å². The van der Waals surface area contributed by atoms with Gasteiger partial charge in [0, 0.05) is 22.7 Å². The number of para-hydroxylation sites is 2. The minimum absolute atomic E-state index is 0.0203. The number of anilines is 2. The van der Waals surface area contributed by atoms with E-state index in [1.807, 2.05) is 30.3 Å². The third-order valence-electron chi connectivity index (χ3n) is 3.48. The molecule has 0 amide bonds. The molecule has 0 aliphatic rings. The van der Waals surface area contributed by atoms with Gasteiger partial charge in [0.25, 0.3) is 5.69 Å². The second-order valence-electron chi connectivity index (χ2n) is 5.36. The maximum absolute atomic E-state index is 12.0. The van der Waals surface area contributed by atoms with E-state index >= 15 is 0 Å². The van der Waals surface area contributed by atoms with Crippen LogP contribution in [-0.4, -0.2) is 15.9 Å². The second-order valence-corrected chi connectivity index (χ2v) is 6.22. The topological polar surface area (TPSA) is 94.4 Å². The van der Waals surface area contributed by atoms with E-state index in [-0.39, 0.29) is 18.7 Å². The summed E-state index contributed by atoms with van der Waals surface area (Å²) >= 11 is 1.40. The number of nitro groups is 1. The molecule has 0 bridgehead atoms. The van der Waals surface area contributed by atoms with Gasteiger partial charge in [-0.3, -0.25) is 14.9 Å². The van der Waals surface area contributed by atoms with Gasteiger partial charge in [-0.1, -0.05) is 36.4 Å². The molecule has 0 saturated heterocycles. The van der Waals surface area contributed by atoms with Crippen molar-refractivity contribution in [1.82, 2.24) is 4.98 Å². The zero-order valence-electron chi connectivity index (χ0n) is 13.6. The van der Waals surface area contributed by atoms with Crippen molar-refractivity contribution in [2.45, 2.75) is 13.0 Å². The minimum Gasteiger partial charge on any atom is -0.459 e. The highest BCUT2D eigenvalue weighted by Gasteiger charge is 2.16. The zero-order chi connectivity index (χ0) is 18.4. The molecule has 0 aliphatic heterocycles. The Hall–Kier alpha value is -3.26. The van der Waals surface area contributed by atoms with Crippen LogP contribution in [0.2, 0.25) is 0 Å². The molecule has 2 aromatic carbocycles. The monoisotopic (exact) mass is 369 g/mol. The molecule has 0 unspecified atom stereocenters. The van der Waals surface area contributed by atoms with Gasteiger partial charge in [0.2, 0.25) is 0 Å². The Balaban J connectivity index is 1.55. The first-order chi connectivity index (χ1) is 12.6. The smallest absolute Gasteiger partial charge is 0.310 e. The molecular weight excluding hydrogens is 354 g/mol. The van der Waals surface area contributed by atoms with Crippen LogP contribution < -0.4 is 5.32 Å². The molecule has 0 spiro atoms. The van der Waals surface area contributed by atoms with Gasteiger partial charge < -0.3 is 10.1 Å². The molecule has 1 N–H and O–H groups in total. The highest BCUT2D eigenvalue weighted by molar-refractivity contribution is 7.13. The van der Waals surface area contributed by atoms with E-state index in [9.17, 15) is 14.9 Å². The lowest BCUT2D eigenvalue weighted by Crippen LogP contribution is -2.09. The minimum atomic E-state index is -0.537. The first-order valence-electron chi connectivity index (χ1n) is 7.76. The van der Waals surface area contributed by atoms with E-state index in [1.165, 1.54) is 17.4 Å². The van der Waals surface area contributed by atoms with Gasteiger partial charge in [0.1, 0.15) is 6.61 Å². The summed E-state index contributed by atoms with van der Waals surface area (Å²) < 4.78 is 5.19. The van der Waals surface area contributed by atoms with Crippen LogP contribution in [0.5, 0.6) is 0 Å². The standard InChI is InChI=1S/C18H15N3O4S/c22-17(10-13-6-4-5-9-16(13)21(23)24)25-11-15-12-26-18(20-15)19-14-7-2-1-3-8-14/h1-9,12H,10-11H2,(H,19,20). The van der Waals surface area contributed by atoms with Crippen LogP contribution in [0, 0.1) is 10.1 Å². The van der Waals surface area contributed by atoms with Gasteiger partial charge >= 0.3 is 5.97 Å². The van der Waals surface area contributed by atoms with Crippen molar-refractivity contribution in [2.24, 2.45) is 0 Å². The van der Waals surface area contributed by atoms with E-state index in [2.05, 4.69) is 10.3 Å². The van der Waals surface area contributed by atoms with Crippen molar-refractivity contribution in [3.8, 4) is 0 Å². The fourth-order valence-electron chi connectivity index (χ4n) is 2.28. The number of hydrogen-bond acceptors (Lipinski definition) is 7. The highest BCUT2D eigenvalue weighted by atomic mass is 32.1. The summed E-state index contributed by atoms with van der Waals surface area (Å²) in [6, 6.07) is 15.7. The van der Waals surface area contributed by atoms with Gasteiger partial charge in [0.15, 0.2) is 5.13 Å². The summed E-state index contributed by atoms with van der Waals surface area (Å²) in [5.41, 5.74) is 1.77. The van der Waals surface area contributed by atoms with Crippen molar-refractivity contribution >= 4 is 33.8 Å². The number of nitrogens with zero attached hydrogens (tertiary/aromatic N) is 2. The van der Waals surface area contributed by atoms with Gasteiger partial charge in [-0.2, -0.15) is 0 Å². The normalized spacial score (nSPS) is 10.3.